The summed E-state index contributed by atoms with van der Waals surface area (Å²) in [5.74, 6) is 0. The van der Waals surface area contributed by atoms with Crippen molar-refractivity contribution in [2.24, 2.45) is 0 Å². The molecule has 2 heteroatoms. The van der Waals surface area contributed by atoms with Crippen molar-refractivity contribution in [1.82, 2.24) is 5.32 Å². The predicted octanol–water partition coefficient (Wildman–Crippen LogP) is 5.98. The molecule has 0 radical (unpaired) electrons. The maximum atomic E-state index is 4.72. The fraction of sp³-hybridized carbons (Fsp3) is 0.280. The van der Waals surface area contributed by atoms with Crippen molar-refractivity contribution in [3.8, 4) is 0 Å². The lowest BCUT2D eigenvalue weighted by atomic mass is 9.76. The lowest BCUT2D eigenvalue weighted by Gasteiger charge is -2.38. The first kappa shape index (κ1) is 19.7. The smallest absolute Gasteiger partial charge is 0.0947 e. The topological polar surface area (TPSA) is 12.0 Å². The SMILES string of the molecule is Cc1ccc(C(NCCC(C)(C)S)(c2ccccc2)c2ccccc2)cc1. The van der Waals surface area contributed by atoms with Gasteiger partial charge in [-0.25, -0.2) is 0 Å². The molecule has 0 unspecified atom stereocenters. The van der Waals surface area contributed by atoms with E-state index >= 15 is 0 Å². The van der Waals surface area contributed by atoms with Crippen molar-refractivity contribution in [1.29, 1.82) is 0 Å². The second-order valence-electron chi connectivity index (χ2n) is 7.84. The molecule has 140 valence electrons. The fourth-order valence-corrected chi connectivity index (χ4v) is 3.65. The highest BCUT2D eigenvalue weighted by Crippen LogP contribution is 2.37. The van der Waals surface area contributed by atoms with E-state index in [0.717, 1.165) is 13.0 Å². The van der Waals surface area contributed by atoms with Gasteiger partial charge in [-0.15, -0.1) is 0 Å². The highest BCUT2D eigenvalue weighted by atomic mass is 32.1. The van der Waals surface area contributed by atoms with Gasteiger partial charge in [-0.1, -0.05) is 104 Å². The van der Waals surface area contributed by atoms with Gasteiger partial charge in [-0.05, 0) is 36.6 Å². The molecule has 0 spiro atoms. The maximum Gasteiger partial charge on any atom is 0.0947 e. The van der Waals surface area contributed by atoms with E-state index in [-0.39, 0.29) is 4.75 Å². The van der Waals surface area contributed by atoms with Crippen LogP contribution in [0.25, 0.3) is 0 Å². The first-order chi connectivity index (χ1) is 12.9. The molecule has 0 aliphatic rings. The molecule has 0 saturated carbocycles. The van der Waals surface area contributed by atoms with E-state index < -0.39 is 5.54 Å². The molecule has 0 aliphatic heterocycles. The Morgan fingerprint density at radius 1 is 0.704 bits per heavy atom. The van der Waals surface area contributed by atoms with Crippen molar-refractivity contribution in [2.45, 2.75) is 37.5 Å². The van der Waals surface area contributed by atoms with Gasteiger partial charge in [0, 0.05) is 4.75 Å². The quantitative estimate of drug-likeness (QED) is 0.383. The number of nitrogens with one attached hydrogen (secondary N) is 1. The number of thiol groups is 1. The maximum absolute atomic E-state index is 4.72. The third-order valence-electron chi connectivity index (χ3n) is 5.03. The average Bonchev–Trinajstić information content (AvgIpc) is 2.67. The largest absolute Gasteiger partial charge is 0.300 e. The Morgan fingerprint density at radius 2 is 1.15 bits per heavy atom. The zero-order valence-corrected chi connectivity index (χ0v) is 17.3. The standard InChI is InChI=1S/C25H29NS/c1-20-14-16-23(17-15-20)25(21-10-6-4-7-11-21,22-12-8-5-9-13-22)26-19-18-24(2,3)27/h4-17,26-27H,18-19H2,1-3H3. The zero-order valence-electron chi connectivity index (χ0n) is 16.4. The summed E-state index contributed by atoms with van der Waals surface area (Å²) < 4.78 is -0.0145. The Bertz CT molecular complexity index is 794. The number of benzene rings is 3. The van der Waals surface area contributed by atoms with Crippen LogP contribution in [0.1, 0.15) is 42.5 Å². The van der Waals surface area contributed by atoms with Crippen molar-refractivity contribution in [3.63, 3.8) is 0 Å². The van der Waals surface area contributed by atoms with Crippen molar-refractivity contribution < 1.29 is 0 Å². The van der Waals surface area contributed by atoms with E-state index in [2.05, 4.69) is 111 Å². The van der Waals surface area contributed by atoms with Gasteiger partial charge in [-0.3, -0.25) is 5.32 Å². The van der Waals surface area contributed by atoms with Crippen LogP contribution in [0.5, 0.6) is 0 Å². The van der Waals surface area contributed by atoms with Crippen molar-refractivity contribution in [2.75, 3.05) is 6.54 Å². The van der Waals surface area contributed by atoms with Crippen LogP contribution in [-0.4, -0.2) is 11.3 Å². The molecule has 0 saturated heterocycles. The fourth-order valence-electron chi connectivity index (χ4n) is 3.54. The van der Waals surface area contributed by atoms with E-state index in [9.17, 15) is 0 Å². The van der Waals surface area contributed by atoms with E-state index in [1.54, 1.807) is 0 Å². The molecule has 3 rings (SSSR count). The normalized spacial score (nSPS) is 12.1. The summed E-state index contributed by atoms with van der Waals surface area (Å²) >= 11 is 4.72. The van der Waals surface area contributed by atoms with Gasteiger partial charge >= 0.3 is 0 Å². The minimum atomic E-state index is -0.394. The Balaban J connectivity index is 2.16. The first-order valence-corrected chi connectivity index (χ1v) is 10.0. The molecule has 0 aromatic heterocycles. The van der Waals surface area contributed by atoms with Gasteiger partial charge in [0.1, 0.15) is 0 Å². The average molecular weight is 376 g/mol. The molecular weight excluding hydrogens is 346 g/mol. The Kier molecular flexibility index (Phi) is 6.08. The third-order valence-corrected chi connectivity index (χ3v) is 5.25. The molecule has 1 nitrogen and oxygen atoms in total. The van der Waals surface area contributed by atoms with E-state index in [0.29, 0.717) is 0 Å². The monoisotopic (exact) mass is 375 g/mol. The zero-order chi connectivity index (χ0) is 19.3. The molecule has 3 aromatic rings. The molecule has 0 fully saturated rings. The van der Waals surface area contributed by atoms with Crippen LogP contribution in [0.15, 0.2) is 84.9 Å². The lowest BCUT2D eigenvalue weighted by Crippen LogP contribution is -2.46. The minimum Gasteiger partial charge on any atom is -0.300 e. The van der Waals surface area contributed by atoms with Crippen LogP contribution < -0.4 is 5.32 Å². The Morgan fingerprint density at radius 3 is 1.59 bits per heavy atom. The van der Waals surface area contributed by atoms with Crippen LogP contribution in [-0.2, 0) is 5.54 Å². The molecule has 27 heavy (non-hydrogen) atoms. The summed E-state index contributed by atoms with van der Waals surface area (Å²) in [7, 11) is 0. The van der Waals surface area contributed by atoms with Crippen LogP contribution >= 0.6 is 12.6 Å². The van der Waals surface area contributed by atoms with Crippen LogP contribution in [0.2, 0.25) is 0 Å². The van der Waals surface area contributed by atoms with Crippen molar-refractivity contribution in [3.05, 3.63) is 107 Å². The molecular formula is C25H29NS. The van der Waals surface area contributed by atoms with Crippen LogP contribution in [0.4, 0.5) is 0 Å². The van der Waals surface area contributed by atoms with Crippen molar-refractivity contribution >= 4 is 12.6 Å². The van der Waals surface area contributed by atoms with Gasteiger partial charge < -0.3 is 0 Å². The summed E-state index contributed by atoms with van der Waals surface area (Å²) in [6.07, 6.45) is 0.976. The highest BCUT2D eigenvalue weighted by molar-refractivity contribution is 7.81. The number of aryl methyl sites for hydroxylation is 1. The summed E-state index contributed by atoms with van der Waals surface area (Å²) in [5, 5.41) is 3.91. The second kappa shape index (κ2) is 8.33. The molecule has 0 amide bonds. The van der Waals surface area contributed by atoms with Gasteiger partial charge in [0.05, 0.1) is 5.54 Å². The Hall–Kier alpha value is -2.03. The third kappa shape index (κ3) is 4.63. The molecule has 0 heterocycles. The summed E-state index contributed by atoms with van der Waals surface area (Å²) in [6, 6.07) is 30.3. The number of hydrogen-bond acceptors (Lipinski definition) is 2. The second-order valence-corrected chi connectivity index (χ2v) is 9.05. The summed E-state index contributed by atoms with van der Waals surface area (Å²) in [4.78, 5) is 0. The molecule has 0 atom stereocenters. The highest BCUT2D eigenvalue weighted by Gasteiger charge is 2.35. The lowest BCUT2D eigenvalue weighted by molar-refractivity contribution is 0.448. The summed E-state index contributed by atoms with van der Waals surface area (Å²) in [5.41, 5.74) is 4.62. The van der Waals surface area contributed by atoms with Gasteiger partial charge in [-0.2, -0.15) is 12.6 Å². The Labute approximate surface area is 169 Å². The predicted molar refractivity (Wildman–Crippen MR) is 120 cm³/mol. The van der Waals surface area contributed by atoms with Gasteiger partial charge in [0.2, 0.25) is 0 Å². The molecule has 0 aliphatic carbocycles. The van der Waals surface area contributed by atoms with E-state index in [4.69, 9.17) is 12.6 Å². The number of hydrogen-bond donors (Lipinski definition) is 2. The minimum absolute atomic E-state index is 0.0145. The van der Waals surface area contributed by atoms with E-state index in [1.807, 2.05) is 0 Å². The first-order valence-electron chi connectivity index (χ1n) is 9.57. The van der Waals surface area contributed by atoms with Crippen LogP contribution in [0.3, 0.4) is 0 Å². The summed E-state index contributed by atoms with van der Waals surface area (Å²) in [6.45, 7) is 7.33. The molecule has 0 bridgehead atoms. The number of rotatable bonds is 7. The van der Waals surface area contributed by atoms with Crippen LogP contribution in [0, 0.1) is 6.92 Å². The van der Waals surface area contributed by atoms with Gasteiger partial charge in [0.25, 0.3) is 0 Å². The molecule has 3 aromatic carbocycles. The molecule has 1 N–H and O–H groups in total. The van der Waals surface area contributed by atoms with E-state index in [1.165, 1.54) is 22.3 Å². The van der Waals surface area contributed by atoms with Gasteiger partial charge in [0.15, 0.2) is 0 Å².